The highest BCUT2D eigenvalue weighted by atomic mass is 28.4. The fraction of sp³-hybridized carbons (Fsp3) is 0.776. The van der Waals surface area contributed by atoms with Crippen LogP contribution in [-0.2, 0) is 65.1 Å². The number of esters is 1. The summed E-state index contributed by atoms with van der Waals surface area (Å²) in [5.74, 6) is 0.422. The minimum atomic E-state index is -2.37. The Bertz CT molecular complexity index is 1550. The number of carbonyl (C=O) groups is 1. The van der Waals surface area contributed by atoms with E-state index in [0.29, 0.717) is 33.0 Å². The van der Waals surface area contributed by atoms with E-state index in [2.05, 4.69) is 121 Å². The van der Waals surface area contributed by atoms with Crippen LogP contribution >= 0.6 is 0 Å². The van der Waals surface area contributed by atoms with E-state index in [9.17, 15) is 4.79 Å². The molecule has 0 heterocycles. The molecule has 0 amide bonds. The van der Waals surface area contributed by atoms with Crippen LogP contribution in [0.3, 0.4) is 0 Å². The van der Waals surface area contributed by atoms with Crippen LogP contribution in [0.25, 0.3) is 0 Å². The Kier molecular flexibility index (Phi) is 22.2. The van der Waals surface area contributed by atoms with Crippen molar-refractivity contribution in [1.82, 2.24) is 0 Å². The van der Waals surface area contributed by atoms with Crippen molar-refractivity contribution in [3.8, 4) is 5.75 Å². The van der Waals surface area contributed by atoms with Gasteiger partial charge in [0.25, 0.3) is 0 Å². The average molecular weight is 911 g/mol. The highest BCUT2D eigenvalue weighted by Gasteiger charge is 2.47. The molecule has 1 rings (SSSR count). The molecule has 11 nitrogen and oxygen atoms in total. The van der Waals surface area contributed by atoms with E-state index in [-0.39, 0.29) is 29.8 Å². The van der Waals surface area contributed by atoms with Gasteiger partial charge in [-0.1, -0.05) is 73.8 Å². The van der Waals surface area contributed by atoms with Crippen LogP contribution in [0.15, 0.2) is 37.8 Å². The third-order valence-electron chi connectivity index (χ3n) is 12.0. The molecule has 0 spiro atoms. The summed E-state index contributed by atoms with van der Waals surface area (Å²) in [4.78, 5) is 13.4. The standard InChI is InChI=1S/C49H90O11Si2/c1-23-45(10,11)41-32-39(33-42(50)57-37(5)53-27-29-55-47(14,15)61(19,20)59-46(12,13)35-51-25-3)31-40(34-44(7,8)9)43(41)58-38(6)54-28-30-56-48(16,17)62(21,22)60-49(18,24-2)36-52-26-4/h25-26,31-32,37-38H,3-4,23-24,27-30,33-36H2,1-2,5-22H3. The second-order valence-corrected chi connectivity index (χ2v) is 30.1. The van der Waals surface area contributed by atoms with E-state index in [4.69, 9.17) is 46.7 Å². The summed E-state index contributed by atoms with van der Waals surface area (Å²) in [6.07, 6.45) is 4.06. The molecule has 0 radical (unpaired) electrons. The van der Waals surface area contributed by atoms with Crippen molar-refractivity contribution in [3.05, 3.63) is 54.5 Å². The molecule has 1 aromatic carbocycles. The smallest absolute Gasteiger partial charge is 0.312 e. The lowest BCUT2D eigenvalue weighted by atomic mass is 9.77. The molecule has 360 valence electrons. The third kappa shape index (κ3) is 19.1. The zero-order valence-electron chi connectivity index (χ0n) is 42.9. The fourth-order valence-electron chi connectivity index (χ4n) is 6.67. The number of benzene rings is 1. The Labute approximate surface area is 380 Å². The molecule has 0 aliphatic heterocycles. The van der Waals surface area contributed by atoms with Gasteiger partial charge in [0.05, 0.1) is 67.0 Å². The lowest BCUT2D eigenvalue weighted by Gasteiger charge is -2.45. The van der Waals surface area contributed by atoms with E-state index in [1.165, 1.54) is 12.5 Å². The second-order valence-electron chi connectivity index (χ2n) is 21.2. The van der Waals surface area contributed by atoms with E-state index >= 15 is 0 Å². The van der Waals surface area contributed by atoms with Crippen molar-refractivity contribution in [2.75, 3.05) is 39.6 Å². The van der Waals surface area contributed by atoms with Crippen LogP contribution in [0.5, 0.6) is 5.75 Å². The van der Waals surface area contributed by atoms with Crippen molar-refractivity contribution in [1.29, 1.82) is 0 Å². The van der Waals surface area contributed by atoms with Gasteiger partial charge in [0.2, 0.25) is 16.6 Å². The van der Waals surface area contributed by atoms with Crippen LogP contribution in [-0.4, -0.2) is 96.5 Å². The van der Waals surface area contributed by atoms with E-state index in [1.54, 1.807) is 6.92 Å². The quantitative estimate of drug-likeness (QED) is 0.0233. The number of hydrogen-bond donors (Lipinski definition) is 0. The van der Waals surface area contributed by atoms with Gasteiger partial charge in [-0.15, -0.1) is 0 Å². The molecule has 13 heteroatoms. The second kappa shape index (κ2) is 23.8. The molecule has 62 heavy (non-hydrogen) atoms. The van der Waals surface area contributed by atoms with Gasteiger partial charge < -0.3 is 46.7 Å². The molecular weight excluding hydrogens is 821 g/mol. The number of ether oxygens (including phenoxy) is 8. The Morgan fingerprint density at radius 3 is 1.68 bits per heavy atom. The first kappa shape index (κ1) is 57.8. The minimum absolute atomic E-state index is 0.0578. The molecule has 0 bridgehead atoms. The molecule has 0 saturated heterocycles. The highest BCUT2D eigenvalue weighted by Crippen LogP contribution is 2.41. The van der Waals surface area contributed by atoms with Crippen molar-refractivity contribution in [3.63, 3.8) is 0 Å². The van der Waals surface area contributed by atoms with Crippen molar-refractivity contribution >= 4 is 22.6 Å². The van der Waals surface area contributed by atoms with Gasteiger partial charge in [-0.3, -0.25) is 4.79 Å². The minimum Gasteiger partial charge on any atom is -0.499 e. The van der Waals surface area contributed by atoms with Crippen LogP contribution in [0.1, 0.15) is 140 Å². The summed E-state index contributed by atoms with van der Waals surface area (Å²) in [6.45, 7) is 51.3. The summed E-state index contributed by atoms with van der Waals surface area (Å²) in [6, 6.07) is 4.16. The Morgan fingerprint density at radius 1 is 0.694 bits per heavy atom. The lowest BCUT2D eigenvalue weighted by molar-refractivity contribution is -0.177. The van der Waals surface area contributed by atoms with Gasteiger partial charge in [0, 0.05) is 5.56 Å². The normalized spacial score (nSPS) is 15.4. The Hall–Kier alpha value is -2.24. The van der Waals surface area contributed by atoms with Crippen LogP contribution < -0.4 is 4.74 Å². The third-order valence-corrected chi connectivity index (χ3v) is 20.2. The molecule has 0 aromatic heterocycles. The molecule has 0 fully saturated rings. The summed E-state index contributed by atoms with van der Waals surface area (Å²) >= 11 is 0. The molecule has 0 aliphatic carbocycles. The first-order chi connectivity index (χ1) is 28.2. The monoisotopic (exact) mass is 911 g/mol. The maximum absolute atomic E-state index is 13.4. The van der Waals surface area contributed by atoms with Crippen molar-refractivity contribution < 1.29 is 51.5 Å². The molecule has 3 atom stereocenters. The van der Waals surface area contributed by atoms with Gasteiger partial charge in [-0.25, -0.2) is 0 Å². The maximum atomic E-state index is 13.4. The lowest BCUT2D eigenvalue weighted by Crippen LogP contribution is -2.59. The summed E-state index contributed by atoms with van der Waals surface area (Å²) in [5, 5.41) is -1.01. The van der Waals surface area contributed by atoms with Crippen LogP contribution in [0.4, 0.5) is 0 Å². The van der Waals surface area contributed by atoms with Crippen molar-refractivity contribution in [2.24, 2.45) is 5.41 Å². The Morgan fingerprint density at radius 2 is 1.19 bits per heavy atom. The SMILES string of the molecule is C=COCC(C)(C)O[Si](C)(C)C(C)(C)OCCOC(C)OC(=O)Cc1cc(CC(C)(C)C)c(OC(C)OCCOC(C)(C)[Si](C)(C)OC(C)(CC)COC=C)c(C(C)(C)CC)c1. The first-order valence-corrected chi connectivity index (χ1v) is 28.4. The van der Waals surface area contributed by atoms with E-state index in [1.807, 2.05) is 34.6 Å². The Balaban J connectivity index is 3.08. The molecule has 3 unspecified atom stereocenters. The van der Waals surface area contributed by atoms with E-state index < -0.39 is 50.9 Å². The molecule has 0 N–H and O–H groups in total. The number of carbonyl (C=O) groups excluding carboxylic acids is 1. The average Bonchev–Trinajstić information content (AvgIpc) is 3.12. The zero-order valence-corrected chi connectivity index (χ0v) is 44.9. The van der Waals surface area contributed by atoms with Crippen LogP contribution in [0.2, 0.25) is 26.2 Å². The first-order valence-electron chi connectivity index (χ1n) is 22.6. The molecule has 1 aromatic rings. The summed E-state index contributed by atoms with van der Waals surface area (Å²) < 4.78 is 61.6. The maximum Gasteiger partial charge on any atom is 0.312 e. The van der Waals surface area contributed by atoms with Gasteiger partial charge >= 0.3 is 5.97 Å². The predicted octanol–water partition coefficient (Wildman–Crippen LogP) is 11.5. The summed E-state index contributed by atoms with van der Waals surface area (Å²) in [7, 11) is -4.72. The molecular formula is C49H90O11Si2. The highest BCUT2D eigenvalue weighted by molar-refractivity contribution is 6.74. The summed E-state index contributed by atoms with van der Waals surface area (Å²) in [5.41, 5.74) is 1.66. The van der Waals surface area contributed by atoms with E-state index in [0.717, 1.165) is 41.7 Å². The van der Waals surface area contributed by atoms with Gasteiger partial charge in [-0.05, 0) is 130 Å². The molecule has 0 saturated carbocycles. The fourth-order valence-corrected chi connectivity index (χ4v) is 10.9. The van der Waals surface area contributed by atoms with Crippen molar-refractivity contribution in [2.45, 2.75) is 202 Å². The molecule has 0 aliphatic rings. The van der Waals surface area contributed by atoms with Gasteiger partial charge in [0.15, 0.2) is 12.6 Å². The number of rotatable bonds is 31. The number of hydrogen-bond acceptors (Lipinski definition) is 11. The largest absolute Gasteiger partial charge is 0.499 e. The van der Waals surface area contributed by atoms with Gasteiger partial charge in [-0.2, -0.15) is 0 Å². The topological polar surface area (TPSA) is 109 Å². The van der Waals surface area contributed by atoms with Crippen LogP contribution in [0, 0.1) is 5.41 Å². The van der Waals surface area contributed by atoms with Gasteiger partial charge in [0.1, 0.15) is 19.0 Å². The zero-order chi connectivity index (χ0) is 48.0. The predicted molar refractivity (Wildman–Crippen MR) is 256 cm³/mol.